The maximum atomic E-state index is 10.7. The normalized spacial score (nSPS) is 10.8. The van der Waals surface area contributed by atoms with Crippen LogP contribution in [0.4, 0.5) is 0 Å². The van der Waals surface area contributed by atoms with Gasteiger partial charge < -0.3 is 14.4 Å². The molecule has 0 aliphatic rings. The van der Waals surface area contributed by atoms with Crippen molar-refractivity contribution >= 4 is 17.0 Å². The number of carboxylic acid groups (broad SMARTS) is 1. The molecular weight excluding hydrogens is 256 g/mol. The van der Waals surface area contributed by atoms with Crippen LogP contribution in [0.15, 0.2) is 24.5 Å². The Kier molecular flexibility index (Phi) is 4.98. The van der Waals surface area contributed by atoms with Crippen LogP contribution >= 0.6 is 0 Å². The highest BCUT2D eigenvalue weighted by atomic mass is 16.5. The summed E-state index contributed by atoms with van der Waals surface area (Å²) in [7, 11) is 0. The lowest BCUT2D eigenvalue weighted by molar-refractivity contribution is -0.137. The van der Waals surface area contributed by atoms with Crippen LogP contribution in [-0.4, -0.2) is 27.2 Å². The van der Waals surface area contributed by atoms with Crippen LogP contribution < -0.4 is 4.74 Å². The number of fused-ring (bicyclic) bond motifs is 1. The smallest absolute Gasteiger partial charge is 0.323 e. The summed E-state index contributed by atoms with van der Waals surface area (Å²) in [5.74, 6) is -0.0878. The molecule has 5 nitrogen and oxygen atoms in total. The standard InChI is InChI=1S/C15H20N2O3/c1-2-3-4-5-8-20-12-6-7-14-13(9-12)16-11-17(14)10-15(18)19/h6-7,9,11H,2-5,8,10H2,1H3,(H,18,19). The summed E-state index contributed by atoms with van der Waals surface area (Å²) in [4.78, 5) is 14.9. The molecule has 2 rings (SSSR count). The van der Waals surface area contributed by atoms with Gasteiger partial charge in [0.15, 0.2) is 0 Å². The second-order valence-electron chi connectivity index (χ2n) is 4.83. The van der Waals surface area contributed by atoms with Gasteiger partial charge in [-0.25, -0.2) is 4.98 Å². The quantitative estimate of drug-likeness (QED) is 0.752. The number of aliphatic carboxylic acids is 1. The van der Waals surface area contributed by atoms with Crippen molar-refractivity contribution in [3.63, 3.8) is 0 Å². The maximum absolute atomic E-state index is 10.7. The summed E-state index contributed by atoms with van der Waals surface area (Å²) in [5, 5.41) is 8.81. The van der Waals surface area contributed by atoms with Gasteiger partial charge in [-0.3, -0.25) is 4.79 Å². The molecule has 1 N–H and O–H groups in total. The zero-order chi connectivity index (χ0) is 14.4. The number of benzene rings is 1. The SMILES string of the molecule is CCCCCCOc1ccc2c(c1)ncn2CC(=O)O. The van der Waals surface area contributed by atoms with Crippen LogP contribution in [0, 0.1) is 0 Å². The number of carboxylic acids is 1. The molecule has 0 unspecified atom stereocenters. The molecule has 2 aromatic rings. The largest absolute Gasteiger partial charge is 0.494 e. The highest BCUT2D eigenvalue weighted by molar-refractivity contribution is 5.79. The number of rotatable bonds is 8. The Morgan fingerprint density at radius 2 is 2.20 bits per heavy atom. The van der Waals surface area contributed by atoms with Gasteiger partial charge in [-0.15, -0.1) is 0 Å². The first-order chi connectivity index (χ1) is 9.70. The minimum absolute atomic E-state index is 0.0757. The van der Waals surface area contributed by atoms with Crippen molar-refractivity contribution in [2.45, 2.75) is 39.2 Å². The first-order valence-electron chi connectivity index (χ1n) is 7.00. The van der Waals surface area contributed by atoms with Gasteiger partial charge in [0.25, 0.3) is 0 Å². The highest BCUT2D eigenvalue weighted by Gasteiger charge is 2.07. The first-order valence-corrected chi connectivity index (χ1v) is 7.00. The monoisotopic (exact) mass is 276 g/mol. The van der Waals surface area contributed by atoms with Gasteiger partial charge in [0.05, 0.1) is 24.0 Å². The average Bonchev–Trinajstić information content (AvgIpc) is 2.80. The first kappa shape index (κ1) is 14.4. The molecule has 0 fully saturated rings. The van der Waals surface area contributed by atoms with Crippen LogP contribution in [0.3, 0.4) is 0 Å². The summed E-state index contributed by atoms with van der Waals surface area (Å²) in [6, 6.07) is 5.57. The molecule has 108 valence electrons. The summed E-state index contributed by atoms with van der Waals surface area (Å²) >= 11 is 0. The second-order valence-corrected chi connectivity index (χ2v) is 4.83. The molecule has 0 atom stereocenters. The van der Waals surface area contributed by atoms with Crippen molar-refractivity contribution in [3.05, 3.63) is 24.5 Å². The number of imidazole rings is 1. The highest BCUT2D eigenvalue weighted by Crippen LogP contribution is 2.20. The topological polar surface area (TPSA) is 64.4 Å². The van der Waals surface area contributed by atoms with E-state index in [-0.39, 0.29) is 6.54 Å². The van der Waals surface area contributed by atoms with Crippen LogP contribution in [-0.2, 0) is 11.3 Å². The van der Waals surface area contributed by atoms with Crippen LogP contribution in [0.2, 0.25) is 0 Å². The zero-order valence-corrected chi connectivity index (χ0v) is 11.7. The Morgan fingerprint density at radius 3 is 2.95 bits per heavy atom. The fourth-order valence-corrected chi connectivity index (χ4v) is 2.12. The molecule has 0 aliphatic heterocycles. The summed E-state index contributed by atoms with van der Waals surface area (Å²) in [6.07, 6.45) is 6.24. The molecule has 1 aromatic carbocycles. The van der Waals surface area contributed by atoms with E-state index >= 15 is 0 Å². The minimum Gasteiger partial charge on any atom is -0.494 e. The van der Waals surface area contributed by atoms with E-state index in [1.807, 2.05) is 18.2 Å². The minimum atomic E-state index is -0.874. The van der Waals surface area contributed by atoms with Gasteiger partial charge in [0.1, 0.15) is 12.3 Å². The molecule has 0 bridgehead atoms. The molecule has 0 amide bonds. The fraction of sp³-hybridized carbons (Fsp3) is 0.467. The van der Waals surface area contributed by atoms with Crippen molar-refractivity contribution < 1.29 is 14.6 Å². The van der Waals surface area contributed by atoms with Crippen molar-refractivity contribution in [1.29, 1.82) is 0 Å². The van der Waals surface area contributed by atoms with Crippen molar-refractivity contribution in [3.8, 4) is 5.75 Å². The van der Waals surface area contributed by atoms with Crippen molar-refractivity contribution in [2.75, 3.05) is 6.61 Å². The Hall–Kier alpha value is -2.04. The molecular formula is C15H20N2O3. The Balaban J connectivity index is 1.97. The number of unbranched alkanes of at least 4 members (excludes halogenated alkanes) is 3. The number of carbonyl (C=O) groups is 1. The van der Waals surface area contributed by atoms with E-state index in [4.69, 9.17) is 9.84 Å². The van der Waals surface area contributed by atoms with Crippen LogP contribution in [0.5, 0.6) is 5.75 Å². The Morgan fingerprint density at radius 1 is 1.35 bits per heavy atom. The van der Waals surface area contributed by atoms with Crippen molar-refractivity contribution in [2.24, 2.45) is 0 Å². The number of hydrogen-bond acceptors (Lipinski definition) is 3. The molecule has 1 aromatic heterocycles. The van der Waals surface area contributed by atoms with E-state index < -0.39 is 5.97 Å². The van der Waals surface area contributed by atoms with E-state index in [9.17, 15) is 4.79 Å². The molecule has 0 saturated carbocycles. The summed E-state index contributed by atoms with van der Waals surface area (Å²) in [6.45, 7) is 2.82. The third-order valence-electron chi connectivity index (χ3n) is 3.16. The number of hydrogen-bond donors (Lipinski definition) is 1. The Bertz CT molecular complexity index is 578. The molecule has 0 radical (unpaired) electrons. The van der Waals surface area contributed by atoms with Crippen LogP contribution in [0.25, 0.3) is 11.0 Å². The number of aromatic nitrogens is 2. The number of ether oxygens (including phenoxy) is 1. The molecule has 0 spiro atoms. The molecule has 0 aliphatic carbocycles. The van der Waals surface area contributed by atoms with Crippen molar-refractivity contribution in [1.82, 2.24) is 9.55 Å². The lowest BCUT2D eigenvalue weighted by Gasteiger charge is -2.06. The van der Waals surface area contributed by atoms with E-state index in [1.165, 1.54) is 19.3 Å². The predicted molar refractivity (Wildman–Crippen MR) is 77.0 cm³/mol. The molecule has 20 heavy (non-hydrogen) atoms. The van der Waals surface area contributed by atoms with E-state index in [0.717, 1.165) is 23.2 Å². The summed E-state index contributed by atoms with van der Waals surface area (Å²) in [5.41, 5.74) is 1.57. The predicted octanol–water partition coefficient (Wildman–Crippen LogP) is 3.08. The van der Waals surface area contributed by atoms with Gasteiger partial charge >= 0.3 is 5.97 Å². The molecule has 0 saturated heterocycles. The van der Waals surface area contributed by atoms with E-state index in [2.05, 4.69) is 11.9 Å². The zero-order valence-electron chi connectivity index (χ0n) is 11.7. The van der Waals surface area contributed by atoms with E-state index in [0.29, 0.717) is 6.61 Å². The maximum Gasteiger partial charge on any atom is 0.323 e. The molecule has 1 heterocycles. The lowest BCUT2D eigenvalue weighted by atomic mass is 10.2. The average molecular weight is 276 g/mol. The second kappa shape index (κ2) is 6.93. The Labute approximate surface area is 118 Å². The molecule has 5 heteroatoms. The summed E-state index contributed by atoms with van der Waals surface area (Å²) < 4.78 is 7.30. The van der Waals surface area contributed by atoms with Gasteiger partial charge in [-0.05, 0) is 18.6 Å². The van der Waals surface area contributed by atoms with Gasteiger partial charge in [-0.2, -0.15) is 0 Å². The number of nitrogens with zero attached hydrogens (tertiary/aromatic N) is 2. The third-order valence-corrected chi connectivity index (χ3v) is 3.16. The third kappa shape index (κ3) is 3.73. The fourth-order valence-electron chi connectivity index (χ4n) is 2.12. The van der Waals surface area contributed by atoms with Gasteiger partial charge in [0.2, 0.25) is 0 Å². The van der Waals surface area contributed by atoms with Gasteiger partial charge in [-0.1, -0.05) is 26.2 Å². The lowest BCUT2D eigenvalue weighted by Crippen LogP contribution is -2.07. The van der Waals surface area contributed by atoms with Crippen LogP contribution in [0.1, 0.15) is 32.6 Å². The van der Waals surface area contributed by atoms with E-state index in [1.54, 1.807) is 10.9 Å². The van der Waals surface area contributed by atoms with Gasteiger partial charge in [0, 0.05) is 6.07 Å².